The molecule has 0 atom stereocenters. The summed E-state index contributed by atoms with van der Waals surface area (Å²) >= 11 is 0. The van der Waals surface area contributed by atoms with Crippen LogP contribution in [-0.2, 0) is 11.8 Å². The highest BCUT2D eigenvalue weighted by Crippen LogP contribution is 2.27. The Morgan fingerprint density at radius 1 is 1.40 bits per heavy atom. The average Bonchev–Trinajstić information content (AvgIpc) is 2.76. The monoisotopic (exact) mass is 270 g/mol. The van der Waals surface area contributed by atoms with Crippen LogP contribution in [0.4, 0.5) is 0 Å². The Morgan fingerprint density at radius 2 is 2.05 bits per heavy atom. The molecule has 0 aliphatic rings. The van der Waals surface area contributed by atoms with Crippen LogP contribution in [0.5, 0.6) is 0 Å². The lowest BCUT2D eigenvalue weighted by molar-refractivity contribution is 0.0513. The summed E-state index contributed by atoms with van der Waals surface area (Å²) in [6.07, 6.45) is 1.65. The molecular formula is C16H18N2O2. The van der Waals surface area contributed by atoms with Gasteiger partial charge in [0.2, 0.25) is 0 Å². The van der Waals surface area contributed by atoms with Crippen LogP contribution in [0.1, 0.15) is 28.5 Å². The SMILES string of the molecule is C=Cc1c(-c2ccc(C)cc2)nn(C)c1C(=O)OCC. The number of aryl methyl sites for hydroxylation is 2. The van der Waals surface area contributed by atoms with Gasteiger partial charge < -0.3 is 4.74 Å². The van der Waals surface area contributed by atoms with Gasteiger partial charge in [0, 0.05) is 18.2 Å². The van der Waals surface area contributed by atoms with Gasteiger partial charge >= 0.3 is 5.97 Å². The number of hydrogen-bond acceptors (Lipinski definition) is 3. The molecule has 0 aliphatic carbocycles. The van der Waals surface area contributed by atoms with Crippen LogP contribution in [0.15, 0.2) is 30.8 Å². The predicted octanol–water partition coefficient (Wildman–Crippen LogP) is 3.22. The highest BCUT2D eigenvalue weighted by atomic mass is 16.5. The van der Waals surface area contributed by atoms with Crippen molar-refractivity contribution in [3.8, 4) is 11.3 Å². The molecule has 0 N–H and O–H groups in total. The van der Waals surface area contributed by atoms with E-state index in [1.807, 2.05) is 31.2 Å². The van der Waals surface area contributed by atoms with E-state index in [4.69, 9.17) is 4.74 Å². The summed E-state index contributed by atoms with van der Waals surface area (Å²) in [5, 5.41) is 4.43. The number of nitrogens with zero attached hydrogens (tertiary/aromatic N) is 2. The summed E-state index contributed by atoms with van der Waals surface area (Å²) in [6, 6.07) is 8.00. The molecule has 2 aromatic rings. The number of esters is 1. The molecule has 0 radical (unpaired) electrons. The van der Waals surface area contributed by atoms with Crippen LogP contribution in [0, 0.1) is 6.92 Å². The van der Waals surface area contributed by atoms with Crippen molar-refractivity contribution >= 4 is 12.0 Å². The quantitative estimate of drug-likeness (QED) is 0.801. The molecule has 4 heteroatoms. The van der Waals surface area contributed by atoms with Gasteiger partial charge in [-0.05, 0) is 13.8 Å². The van der Waals surface area contributed by atoms with Gasteiger partial charge in [-0.25, -0.2) is 4.79 Å². The van der Waals surface area contributed by atoms with Crippen LogP contribution < -0.4 is 0 Å². The van der Waals surface area contributed by atoms with Gasteiger partial charge in [-0.2, -0.15) is 5.10 Å². The molecule has 1 heterocycles. The number of carbonyl (C=O) groups is 1. The maximum Gasteiger partial charge on any atom is 0.357 e. The Kier molecular flexibility index (Phi) is 4.03. The van der Waals surface area contributed by atoms with E-state index in [1.165, 1.54) is 5.56 Å². The van der Waals surface area contributed by atoms with Crippen LogP contribution in [-0.4, -0.2) is 22.4 Å². The summed E-state index contributed by atoms with van der Waals surface area (Å²) in [5.41, 5.74) is 4.00. The van der Waals surface area contributed by atoms with Crippen LogP contribution in [0.2, 0.25) is 0 Å². The minimum atomic E-state index is -0.379. The molecule has 0 aliphatic heterocycles. The van der Waals surface area contributed by atoms with Crippen molar-refractivity contribution in [2.75, 3.05) is 6.61 Å². The van der Waals surface area contributed by atoms with Gasteiger partial charge in [-0.1, -0.05) is 42.5 Å². The zero-order chi connectivity index (χ0) is 14.7. The number of benzene rings is 1. The smallest absolute Gasteiger partial charge is 0.357 e. The van der Waals surface area contributed by atoms with Crippen molar-refractivity contribution in [1.29, 1.82) is 0 Å². The fourth-order valence-electron chi connectivity index (χ4n) is 2.10. The second-order valence-corrected chi connectivity index (χ2v) is 4.53. The second-order valence-electron chi connectivity index (χ2n) is 4.53. The van der Waals surface area contributed by atoms with E-state index in [0.29, 0.717) is 17.9 Å². The Balaban J connectivity index is 2.55. The molecule has 0 spiro atoms. The molecule has 104 valence electrons. The van der Waals surface area contributed by atoms with E-state index in [0.717, 1.165) is 11.3 Å². The zero-order valence-corrected chi connectivity index (χ0v) is 12.0. The van der Waals surface area contributed by atoms with Crippen molar-refractivity contribution in [3.63, 3.8) is 0 Å². The molecule has 0 fully saturated rings. The molecule has 20 heavy (non-hydrogen) atoms. The van der Waals surface area contributed by atoms with Gasteiger partial charge in [0.05, 0.1) is 6.61 Å². The first-order valence-electron chi connectivity index (χ1n) is 6.52. The highest BCUT2D eigenvalue weighted by Gasteiger charge is 2.21. The molecule has 0 saturated heterocycles. The van der Waals surface area contributed by atoms with Crippen LogP contribution >= 0.6 is 0 Å². The van der Waals surface area contributed by atoms with E-state index in [9.17, 15) is 4.79 Å². The Hall–Kier alpha value is -2.36. The van der Waals surface area contributed by atoms with Crippen molar-refractivity contribution in [2.24, 2.45) is 7.05 Å². The van der Waals surface area contributed by atoms with E-state index < -0.39 is 0 Å². The Morgan fingerprint density at radius 3 is 2.60 bits per heavy atom. The largest absolute Gasteiger partial charge is 0.461 e. The van der Waals surface area contributed by atoms with Gasteiger partial charge in [0.1, 0.15) is 5.69 Å². The highest BCUT2D eigenvalue weighted by molar-refractivity contribution is 5.95. The Bertz CT molecular complexity index is 639. The normalized spacial score (nSPS) is 10.3. The molecule has 0 amide bonds. The summed E-state index contributed by atoms with van der Waals surface area (Å²) in [7, 11) is 1.73. The molecule has 1 aromatic heterocycles. The van der Waals surface area contributed by atoms with Gasteiger partial charge in [0.15, 0.2) is 5.69 Å². The Labute approximate surface area is 118 Å². The van der Waals surface area contributed by atoms with E-state index >= 15 is 0 Å². The summed E-state index contributed by atoms with van der Waals surface area (Å²) in [4.78, 5) is 12.0. The summed E-state index contributed by atoms with van der Waals surface area (Å²) < 4.78 is 6.62. The molecule has 4 nitrogen and oxygen atoms in total. The number of ether oxygens (including phenoxy) is 1. The van der Waals surface area contributed by atoms with Crippen LogP contribution in [0.3, 0.4) is 0 Å². The third-order valence-corrected chi connectivity index (χ3v) is 3.08. The fourth-order valence-corrected chi connectivity index (χ4v) is 2.10. The average molecular weight is 270 g/mol. The van der Waals surface area contributed by atoms with E-state index in [-0.39, 0.29) is 5.97 Å². The van der Waals surface area contributed by atoms with E-state index in [1.54, 1.807) is 24.7 Å². The van der Waals surface area contributed by atoms with Gasteiger partial charge in [0.25, 0.3) is 0 Å². The topological polar surface area (TPSA) is 44.1 Å². The van der Waals surface area contributed by atoms with Gasteiger partial charge in [-0.15, -0.1) is 0 Å². The molecule has 0 unspecified atom stereocenters. The van der Waals surface area contributed by atoms with Crippen LogP contribution in [0.25, 0.3) is 17.3 Å². The van der Waals surface area contributed by atoms with Gasteiger partial charge in [-0.3, -0.25) is 4.68 Å². The first-order valence-corrected chi connectivity index (χ1v) is 6.52. The predicted molar refractivity (Wildman–Crippen MR) is 79.4 cm³/mol. The second kappa shape index (κ2) is 5.74. The lowest BCUT2D eigenvalue weighted by Crippen LogP contribution is -2.11. The number of rotatable bonds is 4. The summed E-state index contributed by atoms with van der Waals surface area (Å²) in [6.45, 7) is 7.93. The molecule has 2 rings (SSSR count). The minimum Gasteiger partial charge on any atom is -0.461 e. The van der Waals surface area contributed by atoms with E-state index in [2.05, 4.69) is 11.7 Å². The number of carbonyl (C=O) groups excluding carboxylic acids is 1. The molecule has 0 bridgehead atoms. The van der Waals surface area contributed by atoms with Crippen molar-refractivity contribution in [3.05, 3.63) is 47.7 Å². The molecule has 1 aromatic carbocycles. The minimum absolute atomic E-state index is 0.334. The lowest BCUT2D eigenvalue weighted by atomic mass is 10.0. The third kappa shape index (κ3) is 2.50. The fraction of sp³-hybridized carbons (Fsp3) is 0.250. The summed E-state index contributed by atoms with van der Waals surface area (Å²) in [5.74, 6) is -0.379. The molecular weight excluding hydrogens is 252 g/mol. The zero-order valence-electron chi connectivity index (χ0n) is 12.0. The first-order chi connectivity index (χ1) is 9.58. The standard InChI is InChI=1S/C16H18N2O2/c1-5-13-14(12-9-7-11(3)8-10-12)17-18(4)15(13)16(19)20-6-2/h5,7-10H,1,6H2,2-4H3. The maximum atomic E-state index is 12.0. The number of hydrogen-bond donors (Lipinski definition) is 0. The lowest BCUT2D eigenvalue weighted by Gasteiger charge is -2.03. The maximum absolute atomic E-state index is 12.0. The van der Waals surface area contributed by atoms with Crippen molar-refractivity contribution in [2.45, 2.75) is 13.8 Å². The van der Waals surface area contributed by atoms with Crippen molar-refractivity contribution in [1.82, 2.24) is 9.78 Å². The molecule has 0 saturated carbocycles. The number of aromatic nitrogens is 2. The first kappa shape index (κ1) is 14.1. The van der Waals surface area contributed by atoms with Crippen molar-refractivity contribution < 1.29 is 9.53 Å². The third-order valence-electron chi connectivity index (χ3n) is 3.08.